The van der Waals surface area contributed by atoms with Crippen LogP contribution in [0.4, 0.5) is 5.00 Å². The summed E-state index contributed by atoms with van der Waals surface area (Å²) in [4.78, 5) is 0. The summed E-state index contributed by atoms with van der Waals surface area (Å²) >= 11 is 4.93. The third-order valence-electron chi connectivity index (χ3n) is 1.87. The Labute approximate surface area is 88.1 Å². The fourth-order valence-electron chi connectivity index (χ4n) is 1.24. The lowest BCUT2D eigenvalue weighted by molar-refractivity contribution is 0.281. The molecule has 0 amide bonds. The van der Waals surface area contributed by atoms with Gasteiger partial charge in [0.1, 0.15) is 0 Å². The van der Waals surface area contributed by atoms with Crippen molar-refractivity contribution in [1.82, 2.24) is 0 Å². The molecule has 0 bridgehead atoms. The highest BCUT2D eigenvalue weighted by Gasteiger charge is 2.04. The molecule has 2 nitrogen and oxygen atoms in total. The topological polar surface area (TPSA) is 46.2 Å². The minimum Gasteiger partial charge on any atom is -0.392 e. The number of benzene rings is 1. The molecule has 2 rings (SSSR count). The second kappa shape index (κ2) is 3.29. The quantitative estimate of drug-likeness (QED) is 0.826. The minimum absolute atomic E-state index is 0.0499. The Balaban J connectivity index is 2.72. The monoisotopic (exact) mass is 257 g/mol. The Bertz CT molecular complexity index is 452. The van der Waals surface area contributed by atoms with E-state index < -0.39 is 0 Å². The number of thiophene rings is 1. The molecule has 0 saturated carbocycles. The summed E-state index contributed by atoms with van der Waals surface area (Å²) < 4.78 is 2.05. The number of aliphatic hydroxyl groups excluding tert-OH is 1. The van der Waals surface area contributed by atoms with E-state index >= 15 is 0 Å². The van der Waals surface area contributed by atoms with Crippen LogP contribution in [0, 0.1) is 0 Å². The second-order valence-electron chi connectivity index (χ2n) is 2.79. The van der Waals surface area contributed by atoms with Crippen LogP contribution in [0.25, 0.3) is 10.1 Å². The summed E-state index contributed by atoms with van der Waals surface area (Å²) in [6.07, 6.45) is 0. The molecule has 68 valence electrons. The van der Waals surface area contributed by atoms with Gasteiger partial charge in [-0.3, -0.25) is 0 Å². The van der Waals surface area contributed by atoms with Crippen LogP contribution in [0.3, 0.4) is 0 Å². The third-order valence-corrected chi connectivity index (χ3v) is 3.54. The van der Waals surface area contributed by atoms with E-state index in [9.17, 15) is 0 Å². The number of fused-ring (bicyclic) bond motifs is 1. The van der Waals surface area contributed by atoms with Crippen molar-refractivity contribution in [2.24, 2.45) is 0 Å². The van der Waals surface area contributed by atoms with Crippen LogP contribution in [0.5, 0.6) is 0 Å². The van der Waals surface area contributed by atoms with Crippen LogP contribution >= 0.6 is 27.3 Å². The molecule has 0 aliphatic carbocycles. The minimum atomic E-state index is 0.0499. The van der Waals surface area contributed by atoms with E-state index in [0.717, 1.165) is 25.1 Å². The van der Waals surface area contributed by atoms with Crippen molar-refractivity contribution < 1.29 is 5.11 Å². The molecule has 0 spiro atoms. The third kappa shape index (κ3) is 1.57. The molecule has 0 radical (unpaired) electrons. The molecule has 0 aliphatic rings. The highest BCUT2D eigenvalue weighted by molar-refractivity contribution is 9.10. The smallest absolute Gasteiger partial charge is 0.0868 e. The van der Waals surface area contributed by atoms with E-state index in [0.29, 0.717) is 0 Å². The zero-order valence-electron chi connectivity index (χ0n) is 6.75. The Hall–Kier alpha value is -0.580. The molecule has 0 aliphatic heterocycles. The predicted molar refractivity (Wildman–Crippen MR) is 59.9 cm³/mol. The molecular weight excluding hydrogens is 250 g/mol. The Morgan fingerprint density at radius 2 is 2.15 bits per heavy atom. The van der Waals surface area contributed by atoms with E-state index in [4.69, 9.17) is 10.8 Å². The van der Waals surface area contributed by atoms with E-state index in [-0.39, 0.29) is 6.61 Å². The lowest BCUT2D eigenvalue weighted by Gasteiger charge is -1.99. The lowest BCUT2D eigenvalue weighted by Crippen LogP contribution is -1.83. The van der Waals surface area contributed by atoms with Crippen molar-refractivity contribution in [3.63, 3.8) is 0 Å². The number of rotatable bonds is 1. The van der Waals surface area contributed by atoms with Gasteiger partial charge in [-0.1, -0.05) is 15.9 Å². The summed E-state index contributed by atoms with van der Waals surface area (Å²) in [7, 11) is 0. The van der Waals surface area contributed by atoms with Crippen LogP contribution in [-0.2, 0) is 6.61 Å². The first-order valence-corrected chi connectivity index (χ1v) is 5.40. The van der Waals surface area contributed by atoms with E-state index in [1.54, 1.807) is 0 Å². The highest BCUT2D eigenvalue weighted by atomic mass is 79.9. The maximum absolute atomic E-state index is 9.03. The molecule has 3 N–H and O–H groups in total. The normalized spacial score (nSPS) is 10.9. The van der Waals surface area contributed by atoms with Crippen molar-refractivity contribution in [2.75, 3.05) is 5.73 Å². The zero-order chi connectivity index (χ0) is 9.42. The van der Waals surface area contributed by atoms with Gasteiger partial charge in [0.25, 0.3) is 0 Å². The zero-order valence-corrected chi connectivity index (χ0v) is 9.15. The second-order valence-corrected chi connectivity index (χ2v) is 4.76. The Morgan fingerprint density at radius 3 is 2.85 bits per heavy atom. The van der Waals surface area contributed by atoms with Gasteiger partial charge >= 0.3 is 0 Å². The van der Waals surface area contributed by atoms with Crippen LogP contribution in [0.1, 0.15) is 5.56 Å². The first-order chi connectivity index (χ1) is 6.20. The molecule has 1 aromatic carbocycles. The van der Waals surface area contributed by atoms with Gasteiger partial charge in [-0.25, -0.2) is 0 Å². The SMILES string of the molecule is Nc1cc2cc(Br)c(CO)cc2s1. The largest absolute Gasteiger partial charge is 0.392 e. The van der Waals surface area contributed by atoms with Crippen LogP contribution in [-0.4, -0.2) is 5.11 Å². The molecule has 0 fully saturated rings. The fourth-order valence-corrected chi connectivity index (χ4v) is 2.61. The van der Waals surface area contributed by atoms with Crippen molar-refractivity contribution in [2.45, 2.75) is 6.61 Å². The van der Waals surface area contributed by atoms with Gasteiger partial charge in [-0.15, -0.1) is 11.3 Å². The number of nitrogen functional groups attached to an aromatic ring is 1. The first kappa shape index (κ1) is 8.99. The summed E-state index contributed by atoms with van der Waals surface area (Å²) in [5, 5.41) is 10.9. The molecular formula is C9H8BrNOS. The Kier molecular flexibility index (Phi) is 2.27. The van der Waals surface area contributed by atoms with Crippen molar-refractivity contribution in [3.05, 3.63) is 28.2 Å². The molecule has 0 saturated heterocycles. The molecule has 0 atom stereocenters. The maximum Gasteiger partial charge on any atom is 0.0868 e. The number of aliphatic hydroxyl groups is 1. The van der Waals surface area contributed by atoms with Gasteiger partial charge in [-0.05, 0) is 29.1 Å². The van der Waals surface area contributed by atoms with Gasteiger partial charge in [-0.2, -0.15) is 0 Å². The summed E-state index contributed by atoms with van der Waals surface area (Å²) in [5.41, 5.74) is 6.57. The summed E-state index contributed by atoms with van der Waals surface area (Å²) in [6.45, 7) is 0.0499. The van der Waals surface area contributed by atoms with Crippen LogP contribution in [0.2, 0.25) is 0 Å². The van der Waals surface area contributed by atoms with Crippen LogP contribution in [0.15, 0.2) is 22.7 Å². The summed E-state index contributed by atoms with van der Waals surface area (Å²) in [5.74, 6) is 0. The van der Waals surface area contributed by atoms with Gasteiger partial charge in [0.05, 0.1) is 11.6 Å². The molecule has 0 unspecified atom stereocenters. The van der Waals surface area contributed by atoms with E-state index in [1.165, 1.54) is 11.3 Å². The van der Waals surface area contributed by atoms with Crippen molar-refractivity contribution in [3.8, 4) is 0 Å². The van der Waals surface area contributed by atoms with Crippen molar-refractivity contribution in [1.29, 1.82) is 0 Å². The molecule has 1 heterocycles. The maximum atomic E-state index is 9.03. The predicted octanol–water partition coefficient (Wildman–Crippen LogP) is 2.74. The number of hydrogen-bond acceptors (Lipinski definition) is 3. The van der Waals surface area contributed by atoms with Gasteiger partial charge in [0.15, 0.2) is 0 Å². The number of hydrogen-bond donors (Lipinski definition) is 2. The highest BCUT2D eigenvalue weighted by Crippen LogP contribution is 2.32. The molecule has 2 aromatic rings. The van der Waals surface area contributed by atoms with Gasteiger partial charge in [0, 0.05) is 9.17 Å². The average Bonchev–Trinajstić information content (AvgIpc) is 2.42. The lowest BCUT2D eigenvalue weighted by atomic mass is 10.2. The number of anilines is 1. The average molecular weight is 258 g/mol. The Morgan fingerprint density at radius 1 is 1.38 bits per heavy atom. The summed E-state index contributed by atoms with van der Waals surface area (Å²) in [6, 6.07) is 5.88. The number of halogens is 1. The fraction of sp³-hybridized carbons (Fsp3) is 0.111. The first-order valence-electron chi connectivity index (χ1n) is 3.79. The standard InChI is InChI=1S/C9H8BrNOS/c10-7-1-5-3-9(11)13-8(5)2-6(7)4-12/h1-3,12H,4,11H2. The molecule has 13 heavy (non-hydrogen) atoms. The van der Waals surface area contributed by atoms with Crippen molar-refractivity contribution >= 4 is 42.4 Å². The van der Waals surface area contributed by atoms with E-state index in [2.05, 4.69) is 15.9 Å². The molecule has 4 heteroatoms. The van der Waals surface area contributed by atoms with Gasteiger partial charge < -0.3 is 10.8 Å². The molecule has 1 aromatic heterocycles. The number of nitrogens with two attached hydrogens (primary N) is 1. The van der Waals surface area contributed by atoms with E-state index in [1.807, 2.05) is 18.2 Å². The van der Waals surface area contributed by atoms with Gasteiger partial charge in [0.2, 0.25) is 0 Å². The van der Waals surface area contributed by atoms with Crippen LogP contribution < -0.4 is 5.73 Å².